The van der Waals surface area contributed by atoms with E-state index in [4.69, 9.17) is 11.6 Å². The first-order valence-corrected chi connectivity index (χ1v) is 13.9. The summed E-state index contributed by atoms with van der Waals surface area (Å²) in [7, 11) is 0. The molecule has 0 saturated carbocycles. The highest BCUT2D eigenvalue weighted by molar-refractivity contribution is 6.17. The first-order valence-electron chi connectivity index (χ1n) is 13.3. The molecule has 1 rings (SSSR count). The van der Waals surface area contributed by atoms with Gasteiger partial charge in [0.2, 0.25) is 0 Å². The first kappa shape index (κ1) is 27.5. The fourth-order valence-electron chi connectivity index (χ4n) is 4.76. The predicted octanol–water partition coefficient (Wildman–Crippen LogP) is 10.4. The van der Waals surface area contributed by atoms with Crippen molar-refractivity contribution in [3.8, 4) is 0 Å². The van der Waals surface area contributed by atoms with Crippen LogP contribution < -0.4 is 0 Å². The van der Waals surface area contributed by atoms with Crippen LogP contribution in [0.25, 0.3) is 0 Å². The average Bonchev–Trinajstić information content (AvgIpc) is 2.75. The van der Waals surface area contributed by atoms with Gasteiger partial charge in [-0.1, -0.05) is 110 Å². The maximum Gasteiger partial charge on any atom is 0.0476 e. The molecular formula is C29H51Cl. The second-order valence-electron chi connectivity index (χ2n) is 9.52. The molecule has 0 saturated heterocycles. The molecule has 1 aromatic carbocycles. The van der Waals surface area contributed by atoms with Crippen molar-refractivity contribution in [2.24, 2.45) is 0 Å². The van der Waals surface area contributed by atoms with Gasteiger partial charge in [0.05, 0.1) is 0 Å². The van der Waals surface area contributed by atoms with Crippen molar-refractivity contribution in [1.29, 1.82) is 0 Å². The zero-order valence-electron chi connectivity index (χ0n) is 20.9. The molecule has 1 aromatic rings. The number of aryl methyl sites for hydroxylation is 1. The Hall–Kier alpha value is -0.490. The van der Waals surface area contributed by atoms with Gasteiger partial charge < -0.3 is 0 Å². The van der Waals surface area contributed by atoms with Crippen molar-refractivity contribution < 1.29 is 0 Å². The van der Waals surface area contributed by atoms with Crippen LogP contribution in [0.2, 0.25) is 0 Å². The van der Waals surface area contributed by atoms with E-state index in [1.807, 2.05) is 0 Å². The second kappa shape index (κ2) is 18.1. The van der Waals surface area contributed by atoms with Gasteiger partial charge in [-0.15, -0.1) is 11.6 Å². The molecule has 0 unspecified atom stereocenters. The van der Waals surface area contributed by atoms with E-state index < -0.39 is 0 Å². The Morgan fingerprint density at radius 3 is 1.40 bits per heavy atom. The largest absolute Gasteiger partial charge is 0.122 e. The topological polar surface area (TPSA) is 0 Å². The van der Waals surface area contributed by atoms with E-state index in [2.05, 4.69) is 33.8 Å². The quantitative estimate of drug-likeness (QED) is 0.150. The lowest BCUT2D eigenvalue weighted by atomic mass is 9.87. The van der Waals surface area contributed by atoms with Crippen molar-refractivity contribution in [2.75, 3.05) is 0 Å². The fourth-order valence-corrected chi connectivity index (χ4v) is 4.99. The number of benzene rings is 1. The van der Waals surface area contributed by atoms with Crippen LogP contribution in [0.1, 0.15) is 144 Å². The zero-order valence-corrected chi connectivity index (χ0v) is 21.6. The van der Waals surface area contributed by atoms with Crippen LogP contribution in [-0.4, -0.2) is 0 Å². The summed E-state index contributed by atoms with van der Waals surface area (Å²) in [5.74, 6) is 0.665. The predicted molar refractivity (Wildman–Crippen MR) is 138 cm³/mol. The van der Waals surface area contributed by atoms with Crippen LogP contribution in [0.4, 0.5) is 0 Å². The van der Waals surface area contributed by atoms with Crippen molar-refractivity contribution in [3.05, 3.63) is 33.9 Å². The molecule has 0 aliphatic rings. The molecule has 0 aliphatic carbocycles. The minimum Gasteiger partial charge on any atom is -0.122 e. The third kappa shape index (κ3) is 11.2. The fraction of sp³-hybridized carbons (Fsp3) is 0.793. The summed E-state index contributed by atoms with van der Waals surface area (Å²) in [5, 5.41) is 0. The van der Waals surface area contributed by atoms with E-state index in [0.717, 1.165) is 0 Å². The molecule has 0 spiro atoms. The zero-order chi connectivity index (χ0) is 22.0. The van der Waals surface area contributed by atoms with Gasteiger partial charge in [-0.3, -0.25) is 0 Å². The van der Waals surface area contributed by atoms with Gasteiger partial charge in [0.15, 0.2) is 0 Å². The first-order chi connectivity index (χ1) is 14.7. The van der Waals surface area contributed by atoms with Crippen molar-refractivity contribution in [1.82, 2.24) is 0 Å². The second-order valence-corrected chi connectivity index (χ2v) is 9.79. The molecule has 0 fully saturated rings. The van der Waals surface area contributed by atoms with E-state index in [-0.39, 0.29) is 0 Å². The van der Waals surface area contributed by atoms with E-state index in [0.29, 0.717) is 5.88 Å². The number of hydrogen-bond acceptors (Lipinski definition) is 0. The highest BCUT2D eigenvalue weighted by atomic mass is 35.5. The Morgan fingerprint density at radius 2 is 0.967 bits per heavy atom. The van der Waals surface area contributed by atoms with Crippen molar-refractivity contribution >= 4 is 11.6 Å². The maximum absolute atomic E-state index is 6.38. The van der Waals surface area contributed by atoms with E-state index in [1.54, 1.807) is 11.1 Å². The molecule has 0 aliphatic heterocycles. The number of unbranched alkanes of at least 4 members (excludes halogenated alkanes) is 14. The highest BCUT2D eigenvalue weighted by Gasteiger charge is 2.13. The molecule has 0 aromatic heterocycles. The molecule has 0 atom stereocenters. The minimum absolute atomic E-state index is 0.665. The summed E-state index contributed by atoms with van der Waals surface area (Å²) >= 11 is 6.38. The molecular weight excluding hydrogens is 384 g/mol. The number of alkyl halides is 1. The van der Waals surface area contributed by atoms with Gasteiger partial charge in [-0.2, -0.15) is 0 Å². The normalized spacial score (nSPS) is 11.4. The Balaban J connectivity index is 2.51. The Kier molecular flexibility index (Phi) is 16.6. The third-order valence-electron chi connectivity index (χ3n) is 6.89. The summed E-state index contributed by atoms with van der Waals surface area (Å²) in [6.07, 6.45) is 24.7. The highest BCUT2D eigenvalue weighted by Crippen LogP contribution is 2.28. The van der Waals surface area contributed by atoms with Gasteiger partial charge in [-0.05, 0) is 67.3 Å². The van der Waals surface area contributed by atoms with Crippen LogP contribution in [0.5, 0.6) is 0 Å². The summed E-state index contributed by atoms with van der Waals surface area (Å²) in [4.78, 5) is 0. The van der Waals surface area contributed by atoms with Crippen molar-refractivity contribution in [2.45, 2.75) is 149 Å². The van der Waals surface area contributed by atoms with Gasteiger partial charge in [0, 0.05) is 5.88 Å². The summed E-state index contributed by atoms with van der Waals surface area (Å²) in [5.41, 5.74) is 7.60. The van der Waals surface area contributed by atoms with E-state index in [9.17, 15) is 0 Å². The average molecular weight is 435 g/mol. The number of hydrogen-bond donors (Lipinski definition) is 0. The van der Waals surface area contributed by atoms with Crippen molar-refractivity contribution in [3.63, 3.8) is 0 Å². The van der Waals surface area contributed by atoms with Crippen LogP contribution in [0, 0.1) is 13.8 Å². The molecule has 174 valence electrons. The Morgan fingerprint density at radius 1 is 0.567 bits per heavy atom. The van der Waals surface area contributed by atoms with E-state index >= 15 is 0 Å². The lowest BCUT2D eigenvalue weighted by molar-refractivity contribution is 0.570. The molecule has 0 bridgehead atoms. The molecule has 30 heavy (non-hydrogen) atoms. The number of rotatable bonds is 19. The van der Waals surface area contributed by atoms with Crippen LogP contribution in [-0.2, 0) is 18.7 Å². The lowest BCUT2D eigenvalue weighted by Gasteiger charge is -2.19. The van der Waals surface area contributed by atoms with Crippen LogP contribution in [0.3, 0.4) is 0 Å². The SMILES string of the molecule is CCCCCCCCCCc1c(CCl)cc(C)c(C)c1CCCCCCCCCC. The molecule has 0 heterocycles. The lowest BCUT2D eigenvalue weighted by Crippen LogP contribution is -2.05. The van der Waals surface area contributed by atoms with E-state index in [1.165, 1.54) is 132 Å². The van der Waals surface area contributed by atoms with Crippen LogP contribution in [0.15, 0.2) is 6.07 Å². The third-order valence-corrected chi connectivity index (χ3v) is 7.18. The summed E-state index contributed by atoms with van der Waals surface area (Å²) in [6.45, 7) is 9.20. The number of halogens is 1. The molecule has 1 heteroatoms. The summed E-state index contributed by atoms with van der Waals surface area (Å²) < 4.78 is 0. The maximum atomic E-state index is 6.38. The molecule has 0 amide bonds. The molecule has 0 nitrogen and oxygen atoms in total. The molecule has 0 N–H and O–H groups in total. The Bertz CT molecular complexity index is 546. The van der Waals surface area contributed by atoms with Gasteiger partial charge in [0.1, 0.15) is 0 Å². The monoisotopic (exact) mass is 434 g/mol. The standard InChI is InChI=1S/C29H51Cl/c1-5-7-9-11-13-15-17-19-21-28-26(4)25(3)23-27(24-30)29(28)22-20-18-16-14-12-10-8-6-2/h23H,5-22,24H2,1-4H3. The van der Waals surface area contributed by atoms with Gasteiger partial charge in [-0.25, -0.2) is 0 Å². The molecule has 0 radical (unpaired) electrons. The van der Waals surface area contributed by atoms with Crippen LogP contribution >= 0.6 is 11.6 Å². The van der Waals surface area contributed by atoms with Gasteiger partial charge in [0.25, 0.3) is 0 Å². The Labute approximate surface area is 194 Å². The minimum atomic E-state index is 0.665. The van der Waals surface area contributed by atoms with Gasteiger partial charge >= 0.3 is 0 Å². The smallest absolute Gasteiger partial charge is 0.0476 e. The summed E-state index contributed by atoms with van der Waals surface area (Å²) in [6, 6.07) is 2.36.